The zero-order valence-corrected chi connectivity index (χ0v) is 16.7. The maximum atomic E-state index is 13.6. The molecule has 4 rings (SSSR count). The fraction of sp³-hybridized carbons (Fsp3) is 0.120. The molecule has 1 aliphatic rings. The number of rotatable bonds is 4. The van der Waals surface area contributed by atoms with E-state index in [2.05, 4.69) is 0 Å². The van der Waals surface area contributed by atoms with E-state index in [-0.39, 0.29) is 18.3 Å². The predicted octanol–water partition coefficient (Wildman–Crippen LogP) is 4.07. The lowest BCUT2D eigenvalue weighted by atomic mass is 9.93. The summed E-state index contributed by atoms with van der Waals surface area (Å²) < 4.78 is 13.5. The van der Waals surface area contributed by atoms with E-state index in [1.165, 1.54) is 12.1 Å². The van der Waals surface area contributed by atoms with E-state index in [0.717, 1.165) is 11.1 Å². The van der Waals surface area contributed by atoms with Gasteiger partial charge in [-0.25, -0.2) is 9.87 Å². The highest BCUT2D eigenvalue weighted by atomic mass is 19.1. The van der Waals surface area contributed by atoms with Crippen molar-refractivity contribution in [3.05, 3.63) is 106 Å². The summed E-state index contributed by atoms with van der Waals surface area (Å²) in [5.41, 5.74) is 5.61. The molecular formula is C25H21FN2O3. The van der Waals surface area contributed by atoms with Gasteiger partial charge in [0.1, 0.15) is 5.82 Å². The Labute approximate surface area is 179 Å². The number of hydrogen-bond acceptors (Lipinski definition) is 3. The number of fused-ring (bicyclic) bond motifs is 1. The van der Waals surface area contributed by atoms with Crippen molar-refractivity contribution >= 4 is 23.5 Å². The Morgan fingerprint density at radius 2 is 1.71 bits per heavy atom. The Morgan fingerprint density at radius 1 is 0.968 bits per heavy atom. The number of hydroxylamine groups is 1. The molecule has 31 heavy (non-hydrogen) atoms. The molecule has 0 saturated heterocycles. The van der Waals surface area contributed by atoms with Crippen molar-refractivity contribution in [3.8, 4) is 0 Å². The van der Waals surface area contributed by atoms with Crippen LogP contribution < -0.4 is 5.48 Å². The highest BCUT2D eigenvalue weighted by Gasteiger charge is 2.27. The van der Waals surface area contributed by atoms with Gasteiger partial charge in [-0.3, -0.25) is 14.8 Å². The van der Waals surface area contributed by atoms with Crippen LogP contribution in [0.1, 0.15) is 32.6 Å². The van der Waals surface area contributed by atoms with Gasteiger partial charge in [-0.1, -0.05) is 54.6 Å². The zero-order valence-electron chi connectivity index (χ0n) is 16.7. The molecule has 0 radical (unpaired) electrons. The third-order valence-electron chi connectivity index (χ3n) is 5.40. The summed E-state index contributed by atoms with van der Waals surface area (Å²) >= 11 is 0. The minimum Gasteiger partial charge on any atom is -0.334 e. The van der Waals surface area contributed by atoms with Crippen molar-refractivity contribution in [1.29, 1.82) is 0 Å². The van der Waals surface area contributed by atoms with Crippen molar-refractivity contribution < 1.29 is 19.2 Å². The molecule has 0 fully saturated rings. The van der Waals surface area contributed by atoms with Crippen LogP contribution in [-0.4, -0.2) is 28.5 Å². The molecular weight excluding hydrogens is 395 g/mol. The van der Waals surface area contributed by atoms with E-state index in [9.17, 15) is 14.0 Å². The number of carbonyl (C=O) groups is 2. The van der Waals surface area contributed by atoms with E-state index in [0.29, 0.717) is 35.2 Å². The van der Waals surface area contributed by atoms with Crippen LogP contribution in [0.15, 0.2) is 72.8 Å². The van der Waals surface area contributed by atoms with Gasteiger partial charge in [-0.2, -0.15) is 0 Å². The Balaban J connectivity index is 1.71. The molecule has 2 N–H and O–H groups in total. The zero-order chi connectivity index (χ0) is 21.8. The Morgan fingerprint density at radius 3 is 2.42 bits per heavy atom. The van der Waals surface area contributed by atoms with Crippen molar-refractivity contribution in [2.75, 3.05) is 6.54 Å². The molecule has 0 aromatic heterocycles. The highest BCUT2D eigenvalue weighted by Crippen LogP contribution is 2.27. The van der Waals surface area contributed by atoms with Crippen LogP contribution in [0.4, 0.5) is 4.39 Å². The Kier molecular flexibility index (Phi) is 5.91. The van der Waals surface area contributed by atoms with E-state index in [4.69, 9.17) is 5.21 Å². The summed E-state index contributed by atoms with van der Waals surface area (Å²) in [5.74, 6) is -1.19. The maximum Gasteiger partial charge on any atom is 0.274 e. The minimum absolute atomic E-state index is 0.208. The van der Waals surface area contributed by atoms with Gasteiger partial charge in [0.25, 0.3) is 11.8 Å². The van der Waals surface area contributed by atoms with Gasteiger partial charge in [0, 0.05) is 24.2 Å². The van der Waals surface area contributed by atoms with Gasteiger partial charge < -0.3 is 4.90 Å². The normalized spacial score (nSPS) is 13.5. The maximum absolute atomic E-state index is 13.6. The molecule has 5 nitrogen and oxygen atoms in total. The van der Waals surface area contributed by atoms with Crippen LogP contribution in [0.2, 0.25) is 0 Å². The molecule has 0 atom stereocenters. The summed E-state index contributed by atoms with van der Waals surface area (Å²) in [6.45, 7) is 0.731. The third kappa shape index (κ3) is 4.39. The molecule has 6 heteroatoms. The molecule has 0 saturated carbocycles. The first-order chi connectivity index (χ1) is 15.1. The van der Waals surface area contributed by atoms with Crippen LogP contribution >= 0.6 is 0 Å². The molecule has 156 valence electrons. The highest BCUT2D eigenvalue weighted by molar-refractivity contribution is 6.24. The predicted molar refractivity (Wildman–Crippen MR) is 116 cm³/mol. The number of amides is 2. The summed E-state index contributed by atoms with van der Waals surface area (Å²) in [4.78, 5) is 27.3. The topological polar surface area (TPSA) is 69.6 Å². The number of carbonyl (C=O) groups excluding carboxylic acids is 2. The Hall–Kier alpha value is -3.77. The molecule has 3 aromatic carbocycles. The molecule has 2 amide bonds. The first-order valence-electron chi connectivity index (χ1n) is 9.94. The van der Waals surface area contributed by atoms with Crippen LogP contribution in [-0.2, 0) is 17.8 Å². The first kappa shape index (κ1) is 20.5. The van der Waals surface area contributed by atoms with Gasteiger partial charge in [0.2, 0.25) is 0 Å². The van der Waals surface area contributed by atoms with Gasteiger partial charge in [0.05, 0.1) is 0 Å². The molecule has 3 aromatic rings. The fourth-order valence-electron chi connectivity index (χ4n) is 3.81. The number of benzene rings is 3. The lowest BCUT2D eigenvalue weighted by Gasteiger charge is -2.31. The second-order valence-corrected chi connectivity index (χ2v) is 7.34. The number of halogens is 1. The fourth-order valence-corrected chi connectivity index (χ4v) is 3.81. The average Bonchev–Trinajstić information content (AvgIpc) is 2.82. The monoisotopic (exact) mass is 416 g/mol. The van der Waals surface area contributed by atoms with E-state index in [1.54, 1.807) is 40.7 Å². The quantitative estimate of drug-likeness (QED) is 0.292. The van der Waals surface area contributed by atoms with Gasteiger partial charge in [-0.05, 0) is 52.9 Å². The van der Waals surface area contributed by atoms with Crippen molar-refractivity contribution in [2.45, 2.75) is 13.0 Å². The summed E-state index contributed by atoms with van der Waals surface area (Å²) in [7, 11) is 0. The second-order valence-electron chi connectivity index (χ2n) is 7.34. The number of hydrogen-bond donors (Lipinski definition) is 2. The molecule has 0 aliphatic carbocycles. The third-order valence-corrected chi connectivity index (χ3v) is 5.40. The second kappa shape index (κ2) is 8.93. The van der Waals surface area contributed by atoms with Gasteiger partial charge in [-0.15, -0.1) is 0 Å². The smallest absolute Gasteiger partial charge is 0.274 e. The molecule has 1 heterocycles. The summed E-state index contributed by atoms with van der Waals surface area (Å²) in [5, 5.41) is 9.07. The largest absolute Gasteiger partial charge is 0.334 e. The van der Waals surface area contributed by atoms with E-state index >= 15 is 0 Å². The van der Waals surface area contributed by atoms with Crippen molar-refractivity contribution in [2.24, 2.45) is 0 Å². The van der Waals surface area contributed by atoms with Crippen LogP contribution in [0.25, 0.3) is 11.6 Å². The van der Waals surface area contributed by atoms with E-state index in [1.807, 2.05) is 36.4 Å². The lowest BCUT2D eigenvalue weighted by Crippen LogP contribution is -2.37. The minimum atomic E-state index is -0.607. The summed E-state index contributed by atoms with van der Waals surface area (Å²) in [6, 6.07) is 20.6. The van der Waals surface area contributed by atoms with E-state index < -0.39 is 5.91 Å². The van der Waals surface area contributed by atoms with Gasteiger partial charge in [0.15, 0.2) is 0 Å². The van der Waals surface area contributed by atoms with Crippen LogP contribution in [0.3, 0.4) is 0 Å². The molecule has 0 unspecified atom stereocenters. The molecule has 0 spiro atoms. The van der Waals surface area contributed by atoms with Crippen LogP contribution in [0.5, 0.6) is 0 Å². The Bertz CT molecular complexity index is 1140. The molecule has 0 bridgehead atoms. The first-order valence-corrected chi connectivity index (χ1v) is 9.94. The van der Waals surface area contributed by atoms with Crippen LogP contribution in [0, 0.1) is 5.82 Å². The standard InChI is InChI=1S/C25H21FN2O3/c26-20-11-9-19(10-12-20)22(15-17-5-2-1-3-6-17)25(30)28-14-13-18-7-4-8-21(23(18)16-28)24(29)27-31/h1-12,15,31H,13-14,16H2,(H,27,29). The number of nitrogens with one attached hydrogen (secondary N) is 1. The van der Waals surface area contributed by atoms with Crippen molar-refractivity contribution in [3.63, 3.8) is 0 Å². The molecule has 1 aliphatic heterocycles. The van der Waals surface area contributed by atoms with Crippen molar-refractivity contribution in [1.82, 2.24) is 10.4 Å². The number of nitrogens with zero attached hydrogens (tertiary/aromatic N) is 1. The SMILES string of the molecule is O=C(NO)c1cccc2c1CN(C(=O)C(=Cc1ccccc1)c1ccc(F)cc1)CC2. The average molecular weight is 416 g/mol. The summed E-state index contributed by atoms with van der Waals surface area (Å²) in [6.07, 6.45) is 2.38. The lowest BCUT2D eigenvalue weighted by molar-refractivity contribution is -0.125. The van der Waals surface area contributed by atoms with Gasteiger partial charge >= 0.3 is 0 Å².